The van der Waals surface area contributed by atoms with Crippen LogP contribution in [0.1, 0.15) is 42.1 Å². The van der Waals surface area contributed by atoms with E-state index in [0.29, 0.717) is 51.1 Å². The third kappa shape index (κ3) is 6.66. The highest BCUT2D eigenvalue weighted by atomic mass is 32.1. The number of hydrogen-bond donors (Lipinski definition) is 0. The number of esters is 1. The number of benzene rings is 3. The van der Waals surface area contributed by atoms with E-state index in [1.807, 2.05) is 55.5 Å². The van der Waals surface area contributed by atoms with Crippen molar-refractivity contribution in [2.75, 3.05) is 34.0 Å². The quantitative estimate of drug-likeness (QED) is 0.172. The summed E-state index contributed by atoms with van der Waals surface area (Å²) < 4.78 is 30.3. The fourth-order valence-electron chi connectivity index (χ4n) is 5.12. The van der Waals surface area contributed by atoms with Gasteiger partial charge in [-0.3, -0.25) is 9.36 Å². The summed E-state index contributed by atoms with van der Waals surface area (Å²) in [6.45, 7) is 8.47. The van der Waals surface area contributed by atoms with Crippen LogP contribution in [0.4, 0.5) is 0 Å². The van der Waals surface area contributed by atoms with Gasteiger partial charge in [0.2, 0.25) is 0 Å². The smallest absolute Gasteiger partial charge is 0.338 e. The number of rotatable bonds is 11. The lowest BCUT2D eigenvalue weighted by Crippen LogP contribution is -2.40. The first kappa shape index (κ1) is 31.6. The Hall–Kier alpha value is -4.83. The first-order valence-electron chi connectivity index (χ1n) is 14.6. The van der Waals surface area contributed by atoms with Crippen LogP contribution in [-0.2, 0) is 9.53 Å². The number of aromatic nitrogens is 1. The van der Waals surface area contributed by atoms with Gasteiger partial charge < -0.3 is 23.7 Å². The van der Waals surface area contributed by atoms with Crippen LogP contribution in [0.5, 0.6) is 23.0 Å². The number of aryl methyl sites for hydroxylation is 2. The van der Waals surface area contributed by atoms with Gasteiger partial charge in [0.1, 0.15) is 24.7 Å². The summed E-state index contributed by atoms with van der Waals surface area (Å²) in [5, 5.41) is 0. The molecular weight excluding hydrogens is 592 g/mol. The molecule has 1 aliphatic heterocycles. The van der Waals surface area contributed by atoms with Crippen molar-refractivity contribution in [3.05, 3.63) is 114 Å². The van der Waals surface area contributed by atoms with E-state index in [-0.39, 0.29) is 17.7 Å². The van der Waals surface area contributed by atoms with Gasteiger partial charge in [0.05, 0.1) is 42.7 Å². The molecule has 234 valence electrons. The van der Waals surface area contributed by atoms with Crippen molar-refractivity contribution >= 4 is 23.4 Å². The van der Waals surface area contributed by atoms with Crippen molar-refractivity contribution in [1.82, 2.24) is 4.57 Å². The van der Waals surface area contributed by atoms with Crippen LogP contribution in [-0.4, -0.2) is 44.6 Å². The van der Waals surface area contributed by atoms with E-state index in [0.717, 1.165) is 16.9 Å². The lowest BCUT2D eigenvalue weighted by Gasteiger charge is -2.25. The summed E-state index contributed by atoms with van der Waals surface area (Å²) in [6, 6.07) is 18.0. The Morgan fingerprint density at radius 2 is 1.67 bits per heavy atom. The Morgan fingerprint density at radius 1 is 0.911 bits per heavy atom. The summed E-state index contributed by atoms with van der Waals surface area (Å²) >= 11 is 1.25. The summed E-state index contributed by atoms with van der Waals surface area (Å²) in [5.74, 6) is 1.88. The number of hydrogen-bond acceptors (Lipinski definition) is 9. The number of thiazole rings is 1. The number of fused-ring (bicyclic) bond motifs is 1. The van der Waals surface area contributed by atoms with E-state index in [4.69, 9.17) is 23.7 Å². The van der Waals surface area contributed by atoms with E-state index >= 15 is 0 Å². The maximum atomic E-state index is 14.1. The van der Waals surface area contributed by atoms with Crippen LogP contribution in [0.2, 0.25) is 0 Å². The number of para-hydroxylation sites is 1. The fourth-order valence-corrected chi connectivity index (χ4v) is 6.15. The molecule has 0 amide bonds. The fraction of sp³-hybridized carbons (Fsp3) is 0.286. The van der Waals surface area contributed by atoms with Crippen LogP contribution in [0.3, 0.4) is 0 Å². The molecule has 0 N–H and O–H groups in total. The van der Waals surface area contributed by atoms with Crippen LogP contribution in [0.25, 0.3) is 6.08 Å². The Balaban J connectivity index is 1.50. The number of carbonyl (C=O) groups is 1. The van der Waals surface area contributed by atoms with Gasteiger partial charge in [-0.15, -0.1) is 0 Å². The number of methoxy groups -OCH3 is 2. The van der Waals surface area contributed by atoms with Crippen molar-refractivity contribution in [3.8, 4) is 23.0 Å². The standard InChI is InChI=1S/C35H36N2O7S/c1-7-42-34(39)31-23(4)36-35-37(32(31)25-13-15-28(40-5)29(19-25)41-6)33(38)30(45-35)20-24-10-8-9-11-27(24)44-17-16-43-26-14-12-21(2)22(3)18-26/h8-15,18-20,32H,7,16-17H2,1-6H3/t32-/m0/s1. The van der Waals surface area contributed by atoms with E-state index in [1.54, 1.807) is 39.2 Å². The Kier molecular flexibility index (Phi) is 9.73. The predicted octanol–water partition coefficient (Wildman–Crippen LogP) is 4.89. The molecule has 3 aromatic carbocycles. The summed E-state index contributed by atoms with van der Waals surface area (Å²) in [5.41, 5.74) is 4.24. The molecule has 0 spiro atoms. The van der Waals surface area contributed by atoms with Gasteiger partial charge in [-0.1, -0.05) is 41.7 Å². The zero-order chi connectivity index (χ0) is 32.1. The summed E-state index contributed by atoms with van der Waals surface area (Å²) in [7, 11) is 3.09. The average molecular weight is 629 g/mol. The molecule has 4 aromatic rings. The van der Waals surface area contributed by atoms with Gasteiger partial charge in [-0.05, 0) is 80.8 Å². The Morgan fingerprint density at radius 3 is 2.40 bits per heavy atom. The van der Waals surface area contributed by atoms with Gasteiger partial charge in [-0.2, -0.15) is 0 Å². The largest absolute Gasteiger partial charge is 0.493 e. The van der Waals surface area contributed by atoms with Crippen molar-refractivity contribution in [2.45, 2.75) is 33.7 Å². The number of ether oxygens (including phenoxy) is 5. The van der Waals surface area contributed by atoms with Gasteiger partial charge in [0.25, 0.3) is 5.56 Å². The first-order chi connectivity index (χ1) is 21.7. The zero-order valence-electron chi connectivity index (χ0n) is 26.2. The van der Waals surface area contributed by atoms with Crippen LogP contribution in [0.15, 0.2) is 81.7 Å². The second-order valence-electron chi connectivity index (χ2n) is 10.4. The van der Waals surface area contributed by atoms with E-state index in [2.05, 4.69) is 11.9 Å². The molecular formula is C35H36N2O7S. The molecule has 5 rings (SSSR count). The van der Waals surface area contributed by atoms with Gasteiger partial charge in [-0.25, -0.2) is 9.79 Å². The molecule has 45 heavy (non-hydrogen) atoms. The molecule has 0 saturated heterocycles. The summed E-state index contributed by atoms with van der Waals surface area (Å²) in [6.07, 6.45) is 1.79. The molecule has 0 unspecified atom stereocenters. The van der Waals surface area contributed by atoms with E-state index in [9.17, 15) is 9.59 Å². The summed E-state index contributed by atoms with van der Waals surface area (Å²) in [4.78, 5) is 32.5. The maximum absolute atomic E-state index is 14.1. The molecule has 0 fully saturated rings. The third-order valence-electron chi connectivity index (χ3n) is 7.53. The first-order valence-corrected chi connectivity index (χ1v) is 15.4. The molecule has 0 saturated carbocycles. The molecule has 10 heteroatoms. The number of carbonyl (C=O) groups excluding carboxylic acids is 1. The minimum absolute atomic E-state index is 0.186. The number of allylic oxidation sites excluding steroid dienone is 1. The van der Waals surface area contributed by atoms with E-state index < -0.39 is 12.0 Å². The zero-order valence-corrected chi connectivity index (χ0v) is 27.0. The second kappa shape index (κ2) is 13.9. The molecule has 2 heterocycles. The normalized spacial score (nSPS) is 14.4. The third-order valence-corrected chi connectivity index (χ3v) is 8.52. The van der Waals surface area contributed by atoms with Crippen molar-refractivity contribution in [1.29, 1.82) is 0 Å². The van der Waals surface area contributed by atoms with Crippen molar-refractivity contribution in [3.63, 3.8) is 0 Å². The van der Waals surface area contributed by atoms with Gasteiger partial charge in [0, 0.05) is 5.56 Å². The highest BCUT2D eigenvalue weighted by Gasteiger charge is 2.34. The minimum atomic E-state index is -0.781. The molecule has 1 aromatic heterocycles. The highest BCUT2D eigenvalue weighted by Crippen LogP contribution is 2.36. The molecule has 1 aliphatic rings. The average Bonchev–Trinajstić information content (AvgIpc) is 3.34. The van der Waals surface area contributed by atoms with Crippen LogP contribution < -0.4 is 33.8 Å². The SMILES string of the molecule is CCOC(=O)C1=C(C)N=c2sc(=Cc3ccccc3OCCOc3ccc(C)c(C)c3)c(=O)n2[C@H]1c1ccc(OC)c(OC)c1. The second-order valence-corrected chi connectivity index (χ2v) is 11.4. The van der Waals surface area contributed by atoms with Crippen molar-refractivity contribution in [2.24, 2.45) is 4.99 Å². The Labute approximate surface area is 265 Å². The lowest BCUT2D eigenvalue weighted by atomic mass is 9.95. The molecule has 1 atom stereocenters. The molecule has 0 bridgehead atoms. The lowest BCUT2D eigenvalue weighted by molar-refractivity contribution is -0.139. The van der Waals surface area contributed by atoms with E-state index in [1.165, 1.54) is 28.6 Å². The minimum Gasteiger partial charge on any atom is -0.493 e. The van der Waals surface area contributed by atoms with Crippen LogP contribution in [0, 0.1) is 13.8 Å². The van der Waals surface area contributed by atoms with Crippen molar-refractivity contribution < 1.29 is 28.5 Å². The molecule has 0 radical (unpaired) electrons. The predicted molar refractivity (Wildman–Crippen MR) is 173 cm³/mol. The van der Waals surface area contributed by atoms with Gasteiger partial charge >= 0.3 is 5.97 Å². The molecule has 0 aliphatic carbocycles. The maximum Gasteiger partial charge on any atom is 0.338 e. The van der Waals surface area contributed by atoms with Gasteiger partial charge in [0.15, 0.2) is 16.3 Å². The monoisotopic (exact) mass is 628 g/mol. The number of nitrogens with zero attached hydrogens (tertiary/aromatic N) is 2. The molecule has 9 nitrogen and oxygen atoms in total. The topological polar surface area (TPSA) is 97.6 Å². The Bertz CT molecular complexity index is 1940. The highest BCUT2D eigenvalue weighted by molar-refractivity contribution is 7.07. The van der Waals surface area contributed by atoms with Crippen LogP contribution >= 0.6 is 11.3 Å².